The van der Waals surface area contributed by atoms with Gasteiger partial charge in [-0.25, -0.2) is 4.42 Å². The van der Waals surface area contributed by atoms with Crippen molar-refractivity contribution in [2.24, 2.45) is 0 Å². The molecule has 0 radical (unpaired) electrons. The largest absolute Gasteiger partial charge is 0.480 e. The highest BCUT2D eigenvalue weighted by molar-refractivity contribution is 6.14. The summed E-state index contributed by atoms with van der Waals surface area (Å²) in [5.74, 6) is -0.817. The standard InChI is InChI=1S/C5H8ClNO2.ClH/c6-7-3-1-2-4(7)5(8)9;/h4H,1-3H2,(H,8,9);1H. The normalized spacial score (nSPS) is 25.9. The molecule has 1 aliphatic heterocycles. The molecule has 1 aliphatic rings. The Bertz CT molecular complexity index is 131. The molecule has 1 saturated heterocycles. The number of rotatable bonds is 1. The van der Waals surface area contributed by atoms with Crippen molar-refractivity contribution in [3.8, 4) is 0 Å². The van der Waals surface area contributed by atoms with E-state index in [1.54, 1.807) is 0 Å². The fourth-order valence-electron chi connectivity index (χ4n) is 0.975. The second-order valence-electron chi connectivity index (χ2n) is 2.12. The van der Waals surface area contributed by atoms with E-state index >= 15 is 0 Å². The highest BCUT2D eigenvalue weighted by atomic mass is 35.5. The van der Waals surface area contributed by atoms with Gasteiger partial charge in [0.15, 0.2) is 0 Å². The van der Waals surface area contributed by atoms with E-state index in [0.29, 0.717) is 13.0 Å². The van der Waals surface area contributed by atoms with Gasteiger partial charge in [-0.2, -0.15) is 0 Å². The lowest BCUT2D eigenvalue weighted by atomic mass is 10.2. The summed E-state index contributed by atoms with van der Waals surface area (Å²) in [6.45, 7) is 0.693. The molecule has 0 aliphatic carbocycles. The van der Waals surface area contributed by atoms with Crippen LogP contribution in [0, 0.1) is 0 Å². The first-order valence-electron chi connectivity index (χ1n) is 2.87. The third-order valence-electron chi connectivity index (χ3n) is 1.47. The molecule has 1 heterocycles. The Morgan fingerprint density at radius 1 is 1.70 bits per heavy atom. The van der Waals surface area contributed by atoms with Gasteiger partial charge < -0.3 is 5.11 Å². The van der Waals surface area contributed by atoms with Crippen LogP contribution in [0.2, 0.25) is 0 Å². The molecule has 60 valence electrons. The van der Waals surface area contributed by atoms with E-state index in [1.807, 2.05) is 0 Å². The lowest BCUT2D eigenvalue weighted by molar-refractivity contribution is -0.140. The summed E-state index contributed by atoms with van der Waals surface area (Å²) >= 11 is 5.53. The van der Waals surface area contributed by atoms with E-state index in [9.17, 15) is 4.79 Å². The summed E-state index contributed by atoms with van der Waals surface area (Å²) in [6.07, 6.45) is 1.57. The number of hydrogen-bond donors (Lipinski definition) is 1. The van der Waals surface area contributed by atoms with Gasteiger partial charge in [-0.1, -0.05) is 0 Å². The van der Waals surface area contributed by atoms with Gasteiger partial charge in [0.1, 0.15) is 6.04 Å². The van der Waals surface area contributed by atoms with Gasteiger partial charge in [0.2, 0.25) is 0 Å². The summed E-state index contributed by atoms with van der Waals surface area (Å²) in [6, 6.07) is -0.452. The van der Waals surface area contributed by atoms with Crippen LogP contribution in [0.3, 0.4) is 0 Å². The van der Waals surface area contributed by atoms with Crippen LogP contribution in [0.15, 0.2) is 0 Å². The molecule has 5 heteroatoms. The molecule has 10 heavy (non-hydrogen) atoms. The number of aliphatic carboxylic acids is 1. The smallest absolute Gasteiger partial charge is 0.322 e. The van der Waals surface area contributed by atoms with E-state index < -0.39 is 12.0 Å². The zero-order chi connectivity index (χ0) is 6.85. The molecule has 0 aromatic carbocycles. The van der Waals surface area contributed by atoms with Crippen LogP contribution in [0.1, 0.15) is 12.8 Å². The molecule has 1 unspecified atom stereocenters. The fraction of sp³-hybridized carbons (Fsp3) is 0.800. The molecule has 0 amide bonds. The second-order valence-corrected chi connectivity index (χ2v) is 2.55. The molecule has 0 aromatic rings. The molecular weight excluding hydrogens is 177 g/mol. The first-order chi connectivity index (χ1) is 4.22. The van der Waals surface area contributed by atoms with Gasteiger partial charge in [-0.05, 0) is 24.6 Å². The molecule has 1 atom stereocenters. The summed E-state index contributed by atoms with van der Waals surface area (Å²) in [5.41, 5.74) is 0. The van der Waals surface area contributed by atoms with Gasteiger partial charge in [0, 0.05) is 6.54 Å². The van der Waals surface area contributed by atoms with Crippen LogP contribution in [-0.2, 0) is 4.79 Å². The summed E-state index contributed by atoms with van der Waals surface area (Å²) in [5, 5.41) is 8.46. The van der Waals surface area contributed by atoms with Crippen molar-refractivity contribution in [3.63, 3.8) is 0 Å². The Hall–Kier alpha value is 0.01000. The number of carboxylic acid groups (broad SMARTS) is 1. The van der Waals surface area contributed by atoms with Crippen LogP contribution < -0.4 is 0 Å². The van der Waals surface area contributed by atoms with Crippen molar-refractivity contribution < 1.29 is 9.90 Å². The quantitative estimate of drug-likeness (QED) is 0.623. The van der Waals surface area contributed by atoms with Gasteiger partial charge in [0.25, 0.3) is 0 Å². The predicted octanol–water partition coefficient (Wildman–Crippen LogP) is 1.11. The molecule has 0 aromatic heterocycles. The van der Waals surface area contributed by atoms with Crippen molar-refractivity contribution in [2.45, 2.75) is 18.9 Å². The van der Waals surface area contributed by atoms with Crippen molar-refractivity contribution in [1.29, 1.82) is 0 Å². The van der Waals surface area contributed by atoms with Crippen LogP contribution >= 0.6 is 24.2 Å². The maximum atomic E-state index is 10.3. The lowest BCUT2D eigenvalue weighted by Crippen LogP contribution is -2.28. The Kier molecular flexibility index (Phi) is 4.01. The molecule has 0 saturated carbocycles. The first kappa shape index (κ1) is 10.0. The van der Waals surface area contributed by atoms with Crippen LogP contribution in [0.5, 0.6) is 0 Å². The minimum absolute atomic E-state index is 0. The van der Waals surface area contributed by atoms with E-state index in [0.717, 1.165) is 6.42 Å². The Balaban J connectivity index is 0.000000810. The summed E-state index contributed by atoms with van der Waals surface area (Å²) in [7, 11) is 0. The van der Waals surface area contributed by atoms with Crippen LogP contribution in [0.4, 0.5) is 0 Å². The molecule has 3 nitrogen and oxygen atoms in total. The summed E-state index contributed by atoms with van der Waals surface area (Å²) in [4.78, 5) is 10.3. The molecule has 1 fully saturated rings. The Morgan fingerprint density at radius 3 is 2.50 bits per heavy atom. The maximum absolute atomic E-state index is 10.3. The van der Waals surface area contributed by atoms with Crippen molar-refractivity contribution >= 4 is 30.2 Å². The number of carboxylic acids is 1. The Labute approximate surface area is 70.5 Å². The van der Waals surface area contributed by atoms with E-state index in [2.05, 4.69) is 0 Å². The van der Waals surface area contributed by atoms with E-state index in [-0.39, 0.29) is 12.4 Å². The molecule has 0 spiro atoms. The van der Waals surface area contributed by atoms with E-state index in [1.165, 1.54) is 4.42 Å². The average Bonchev–Trinajstić information content (AvgIpc) is 2.13. The topological polar surface area (TPSA) is 40.5 Å². The van der Waals surface area contributed by atoms with Gasteiger partial charge in [0.05, 0.1) is 0 Å². The lowest BCUT2D eigenvalue weighted by Gasteiger charge is -2.09. The van der Waals surface area contributed by atoms with Crippen molar-refractivity contribution in [3.05, 3.63) is 0 Å². The monoisotopic (exact) mass is 185 g/mol. The number of carbonyl (C=O) groups is 1. The van der Waals surface area contributed by atoms with Crippen molar-refractivity contribution in [2.75, 3.05) is 6.54 Å². The average molecular weight is 186 g/mol. The molecular formula is C5H9Cl2NO2. The van der Waals surface area contributed by atoms with E-state index in [4.69, 9.17) is 16.9 Å². The summed E-state index contributed by atoms with van der Waals surface area (Å²) < 4.78 is 1.35. The zero-order valence-electron chi connectivity index (χ0n) is 5.29. The van der Waals surface area contributed by atoms with Crippen LogP contribution in [0.25, 0.3) is 0 Å². The number of hydrogen-bond acceptors (Lipinski definition) is 2. The third kappa shape index (κ3) is 2.01. The molecule has 1 rings (SSSR count). The van der Waals surface area contributed by atoms with Crippen molar-refractivity contribution in [1.82, 2.24) is 4.42 Å². The van der Waals surface area contributed by atoms with Crippen LogP contribution in [-0.4, -0.2) is 28.1 Å². The highest BCUT2D eigenvalue weighted by Gasteiger charge is 2.28. The van der Waals surface area contributed by atoms with Gasteiger partial charge in [-0.3, -0.25) is 4.79 Å². The highest BCUT2D eigenvalue weighted by Crippen LogP contribution is 2.18. The minimum Gasteiger partial charge on any atom is -0.480 e. The molecule has 0 bridgehead atoms. The Morgan fingerprint density at radius 2 is 2.30 bits per heavy atom. The minimum atomic E-state index is -0.817. The SMILES string of the molecule is Cl.O=C(O)C1CCCN1Cl. The maximum Gasteiger partial charge on any atom is 0.322 e. The fourth-order valence-corrected chi connectivity index (χ4v) is 1.28. The van der Waals surface area contributed by atoms with Gasteiger partial charge in [-0.15, -0.1) is 12.4 Å². The molecule has 1 N–H and O–H groups in total. The zero-order valence-corrected chi connectivity index (χ0v) is 6.86. The number of halogens is 2. The predicted molar refractivity (Wildman–Crippen MR) is 40.5 cm³/mol. The second kappa shape index (κ2) is 4.01. The number of nitrogens with zero attached hydrogens (tertiary/aromatic N) is 1. The first-order valence-corrected chi connectivity index (χ1v) is 3.21. The van der Waals surface area contributed by atoms with Gasteiger partial charge >= 0.3 is 5.97 Å². The third-order valence-corrected chi connectivity index (χ3v) is 1.88.